The number of halogens is 1. The van der Waals surface area contributed by atoms with E-state index in [1.54, 1.807) is 6.07 Å². The summed E-state index contributed by atoms with van der Waals surface area (Å²) in [6, 6.07) is 8.35. The molecule has 0 saturated heterocycles. The van der Waals surface area contributed by atoms with Crippen LogP contribution in [0.3, 0.4) is 0 Å². The van der Waals surface area contributed by atoms with E-state index < -0.39 is 0 Å². The van der Waals surface area contributed by atoms with Crippen LogP contribution in [0.1, 0.15) is 40.7 Å². The molecule has 1 N–H and O–H groups in total. The van der Waals surface area contributed by atoms with Crippen molar-refractivity contribution in [2.75, 3.05) is 20.6 Å². The van der Waals surface area contributed by atoms with E-state index in [1.165, 1.54) is 12.1 Å². The van der Waals surface area contributed by atoms with Gasteiger partial charge in [-0.05, 0) is 64.5 Å². The smallest absolute Gasteiger partial charge is 0.220 e. The number of nitrogens with one attached hydrogen (secondary N) is 1. The van der Waals surface area contributed by atoms with E-state index in [4.69, 9.17) is 0 Å². The van der Waals surface area contributed by atoms with Gasteiger partial charge in [0.05, 0.1) is 11.7 Å². The largest absolute Gasteiger partial charge is 0.354 e. The average molecular weight is 397 g/mol. The molecule has 0 fully saturated rings. The molecule has 1 aromatic carbocycles. The summed E-state index contributed by atoms with van der Waals surface area (Å²) in [5, 5.41) is 7.47. The zero-order chi connectivity index (χ0) is 21.1. The molecule has 0 aliphatic carbocycles. The SMILES string of the molecule is Cc1cc2nc(C)c(CCC(=O)NC[C@@H](c3cccc(F)c3)N(C)C)c(C)n2n1. The predicted octanol–water partition coefficient (Wildman–Crippen LogP) is 3.15. The fourth-order valence-corrected chi connectivity index (χ4v) is 3.65. The second-order valence-electron chi connectivity index (χ2n) is 7.66. The number of aryl methyl sites for hydroxylation is 3. The Hall–Kier alpha value is -2.80. The molecule has 1 amide bonds. The molecule has 0 spiro atoms. The number of carbonyl (C=O) groups is 1. The summed E-state index contributed by atoms with van der Waals surface area (Å²) in [4.78, 5) is 19.1. The van der Waals surface area contributed by atoms with Crippen molar-refractivity contribution >= 4 is 11.6 Å². The highest BCUT2D eigenvalue weighted by Crippen LogP contribution is 2.19. The fourth-order valence-electron chi connectivity index (χ4n) is 3.65. The molecule has 3 aromatic rings. The number of carbonyl (C=O) groups excluding carboxylic acids is 1. The number of hydrogen-bond acceptors (Lipinski definition) is 4. The van der Waals surface area contributed by atoms with Crippen LogP contribution in [0.4, 0.5) is 4.39 Å². The Balaban J connectivity index is 1.64. The third-order valence-corrected chi connectivity index (χ3v) is 5.24. The number of nitrogens with zero attached hydrogens (tertiary/aromatic N) is 4. The predicted molar refractivity (Wildman–Crippen MR) is 111 cm³/mol. The van der Waals surface area contributed by atoms with E-state index in [0.29, 0.717) is 19.4 Å². The van der Waals surface area contributed by atoms with Gasteiger partial charge >= 0.3 is 0 Å². The van der Waals surface area contributed by atoms with Crippen LogP contribution >= 0.6 is 0 Å². The molecule has 0 radical (unpaired) electrons. The molecule has 0 aliphatic rings. The average Bonchev–Trinajstić information content (AvgIpc) is 3.02. The Kier molecular flexibility index (Phi) is 6.27. The first-order valence-electron chi connectivity index (χ1n) is 9.77. The normalized spacial score (nSPS) is 12.5. The molecular weight excluding hydrogens is 369 g/mol. The van der Waals surface area contributed by atoms with Gasteiger partial charge in [0.25, 0.3) is 0 Å². The maximum Gasteiger partial charge on any atom is 0.220 e. The molecule has 6 nitrogen and oxygen atoms in total. The van der Waals surface area contributed by atoms with Crippen LogP contribution in [0, 0.1) is 26.6 Å². The second kappa shape index (κ2) is 8.69. The third kappa shape index (κ3) is 4.79. The summed E-state index contributed by atoms with van der Waals surface area (Å²) in [5.41, 5.74) is 5.57. The maximum atomic E-state index is 13.6. The molecule has 0 unspecified atom stereocenters. The van der Waals surface area contributed by atoms with Gasteiger partial charge in [-0.3, -0.25) is 4.79 Å². The van der Waals surface area contributed by atoms with Crippen LogP contribution < -0.4 is 5.32 Å². The van der Waals surface area contributed by atoms with Crippen molar-refractivity contribution in [1.29, 1.82) is 0 Å². The van der Waals surface area contributed by atoms with Gasteiger partial charge in [0.2, 0.25) is 5.91 Å². The molecule has 2 aromatic heterocycles. The van der Waals surface area contributed by atoms with Crippen molar-refractivity contribution in [1.82, 2.24) is 24.8 Å². The summed E-state index contributed by atoms with van der Waals surface area (Å²) < 4.78 is 15.4. The summed E-state index contributed by atoms with van der Waals surface area (Å²) in [6.07, 6.45) is 0.955. The zero-order valence-electron chi connectivity index (χ0n) is 17.7. The van der Waals surface area contributed by atoms with Gasteiger partial charge in [0.1, 0.15) is 5.82 Å². The Morgan fingerprint density at radius 2 is 2.00 bits per heavy atom. The minimum absolute atomic E-state index is 0.0382. The van der Waals surface area contributed by atoms with Gasteiger partial charge in [-0.1, -0.05) is 12.1 Å². The van der Waals surface area contributed by atoms with Crippen molar-refractivity contribution in [3.63, 3.8) is 0 Å². The van der Waals surface area contributed by atoms with Crippen LogP contribution in [-0.4, -0.2) is 46.0 Å². The van der Waals surface area contributed by atoms with Gasteiger partial charge in [0.15, 0.2) is 5.65 Å². The van der Waals surface area contributed by atoms with Gasteiger partial charge in [-0.2, -0.15) is 5.10 Å². The molecule has 0 saturated carbocycles. The second-order valence-corrected chi connectivity index (χ2v) is 7.66. The Bertz CT molecular complexity index is 1030. The van der Waals surface area contributed by atoms with Crippen molar-refractivity contribution in [2.24, 2.45) is 0 Å². The number of fused-ring (bicyclic) bond motifs is 1. The lowest BCUT2D eigenvalue weighted by Gasteiger charge is -2.25. The van der Waals surface area contributed by atoms with Crippen LogP contribution in [-0.2, 0) is 11.2 Å². The minimum Gasteiger partial charge on any atom is -0.354 e. The van der Waals surface area contributed by atoms with Crippen LogP contribution in [0.15, 0.2) is 30.3 Å². The first-order chi connectivity index (χ1) is 13.8. The van der Waals surface area contributed by atoms with Crippen molar-refractivity contribution in [3.8, 4) is 0 Å². The minimum atomic E-state index is -0.275. The van der Waals surface area contributed by atoms with E-state index in [-0.39, 0.29) is 17.8 Å². The highest BCUT2D eigenvalue weighted by atomic mass is 19.1. The Morgan fingerprint density at radius 3 is 2.69 bits per heavy atom. The Morgan fingerprint density at radius 1 is 1.24 bits per heavy atom. The van der Waals surface area contributed by atoms with E-state index in [0.717, 1.165) is 33.9 Å². The van der Waals surface area contributed by atoms with Crippen molar-refractivity contribution < 1.29 is 9.18 Å². The summed E-state index contributed by atoms with van der Waals surface area (Å²) >= 11 is 0. The number of rotatable bonds is 7. The number of likely N-dealkylation sites (N-methyl/N-ethyl adjacent to an activating group) is 1. The van der Waals surface area contributed by atoms with Crippen LogP contribution in [0.5, 0.6) is 0 Å². The van der Waals surface area contributed by atoms with Crippen molar-refractivity contribution in [2.45, 2.75) is 39.7 Å². The molecular formula is C22H28FN5O. The lowest BCUT2D eigenvalue weighted by atomic mass is 10.0. The topological polar surface area (TPSA) is 62.5 Å². The monoisotopic (exact) mass is 397 g/mol. The van der Waals surface area contributed by atoms with Crippen molar-refractivity contribution in [3.05, 3.63) is 64.4 Å². The van der Waals surface area contributed by atoms with Gasteiger partial charge in [-0.15, -0.1) is 0 Å². The molecule has 154 valence electrons. The standard InChI is InChI=1S/C22H28FN5O/c1-14-11-21-25-15(2)19(16(3)28(21)26-14)9-10-22(29)24-13-20(27(4)5)17-7-6-8-18(23)12-17/h6-8,11-12,20H,9-10,13H2,1-5H3,(H,24,29)/t20-/m0/s1. The molecule has 29 heavy (non-hydrogen) atoms. The van der Waals surface area contributed by atoms with Gasteiger partial charge < -0.3 is 10.2 Å². The highest BCUT2D eigenvalue weighted by Gasteiger charge is 2.17. The fraction of sp³-hybridized carbons (Fsp3) is 0.409. The van der Waals surface area contributed by atoms with E-state index in [1.807, 2.05) is 56.4 Å². The Labute approximate surface area is 170 Å². The van der Waals surface area contributed by atoms with Crippen LogP contribution in [0.2, 0.25) is 0 Å². The quantitative estimate of drug-likeness (QED) is 0.665. The molecule has 0 aliphatic heterocycles. The number of amides is 1. The first-order valence-corrected chi connectivity index (χ1v) is 9.77. The van der Waals surface area contributed by atoms with E-state index in [2.05, 4.69) is 15.4 Å². The van der Waals surface area contributed by atoms with Gasteiger partial charge in [-0.25, -0.2) is 13.9 Å². The molecule has 0 bridgehead atoms. The number of benzene rings is 1. The van der Waals surface area contributed by atoms with E-state index in [9.17, 15) is 9.18 Å². The summed E-state index contributed by atoms with van der Waals surface area (Å²) in [5.74, 6) is -0.313. The molecule has 7 heteroatoms. The first kappa shape index (κ1) is 20.9. The third-order valence-electron chi connectivity index (χ3n) is 5.24. The highest BCUT2D eigenvalue weighted by molar-refractivity contribution is 5.76. The summed E-state index contributed by atoms with van der Waals surface area (Å²) in [7, 11) is 3.84. The molecule has 1 atom stereocenters. The lowest BCUT2D eigenvalue weighted by molar-refractivity contribution is -0.121. The zero-order valence-corrected chi connectivity index (χ0v) is 17.7. The van der Waals surface area contributed by atoms with E-state index >= 15 is 0 Å². The lowest BCUT2D eigenvalue weighted by Crippen LogP contribution is -2.34. The summed E-state index contributed by atoms with van der Waals surface area (Å²) in [6.45, 7) is 6.33. The van der Waals surface area contributed by atoms with Crippen LogP contribution in [0.25, 0.3) is 5.65 Å². The van der Waals surface area contributed by atoms with Gasteiger partial charge in [0, 0.05) is 30.4 Å². The maximum absolute atomic E-state index is 13.6. The molecule has 3 rings (SSSR count). The number of hydrogen-bond donors (Lipinski definition) is 1. The number of aromatic nitrogens is 3. The molecule has 2 heterocycles.